The lowest BCUT2D eigenvalue weighted by molar-refractivity contribution is 0.00578. The Morgan fingerprint density at radius 3 is 0.726 bits per heavy atom. The second-order valence-corrected chi connectivity index (χ2v) is 39.2. The summed E-state index contributed by atoms with van der Waals surface area (Å²) in [6, 6.07) is 116. The zero-order valence-corrected chi connectivity index (χ0v) is 75.1. The lowest BCUT2D eigenvalue weighted by Gasteiger charge is -2.32. The van der Waals surface area contributed by atoms with Crippen molar-refractivity contribution in [3.8, 4) is 134 Å². The summed E-state index contributed by atoms with van der Waals surface area (Å²) >= 11 is 0. The molecule has 0 N–H and O–H groups in total. The molecule has 15 aromatic rings. The van der Waals surface area contributed by atoms with E-state index in [9.17, 15) is 0 Å². The van der Waals surface area contributed by atoms with Crippen LogP contribution in [0, 0.1) is 0 Å². The van der Waals surface area contributed by atoms with Crippen LogP contribution < -0.4 is 10.9 Å². The Kier molecular flexibility index (Phi) is 22.8. The molecule has 9 heteroatoms. The van der Waals surface area contributed by atoms with Crippen LogP contribution in [-0.2, 0) is 60.5 Å². The molecule has 0 bridgehead atoms. The molecular weight excluding hydrogens is 1510 g/mol. The van der Waals surface area contributed by atoms with Crippen LogP contribution >= 0.6 is 0 Å². The molecule has 0 aliphatic carbocycles. The number of nitrogens with zero attached hydrogens (tertiary/aromatic N) is 3. The number of pyridine rings is 3. The van der Waals surface area contributed by atoms with Crippen molar-refractivity contribution in [1.29, 1.82) is 0 Å². The van der Waals surface area contributed by atoms with Crippen LogP contribution in [0.3, 0.4) is 0 Å². The van der Waals surface area contributed by atoms with E-state index in [1.807, 2.05) is 18.6 Å². The van der Waals surface area contributed by atoms with Crippen LogP contribution in [0.2, 0.25) is 0 Å². The Bertz CT molecular complexity index is 6100. The average molecular weight is 1620 g/mol. The molecule has 0 unspecified atom stereocenters. The van der Waals surface area contributed by atoms with E-state index < -0.39 is 36.6 Å². The molecule has 124 heavy (non-hydrogen) atoms. The molecule has 2 saturated heterocycles. The van der Waals surface area contributed by atoms with Crippen molar-refractivity contribution in [2.75, 3.05) is 0 Å². The third-order valence-corrected chi connectivity index (χ3v) is 26.4. The molecule has 0 radical (unpaired) electrons. The van der Waals surface area contributed by atoms with Crippen molar-refractivity contribution in [2.24, 2.45) is 0 Å². The zero-order valence-electron chi connectivity index (χ0n) is 75.1. The molecule has 0 amide bonds. The molecule has 3 aromatic heterocycles. The van der Waals surface area contributed by atoms with Gasteiger partial charge in [-0.2, -0.15) is 0 Å². The lowest BCUT2D eigenvalue weighted by atomic mass is 9.78. The van der Waals surface area contributed by atoms with Gasteiger partial charge in [0.2, 0.25) is 0 Å². The second-order valence-electron chi connectivity index (χ2n) is 39.2. The van der Waals surface area contributed by atoms with E-state index in [0.717, 1.165) is 171 Å². The molecule has 0 saturated carbocycles. The number of rotatable bonds is 20. The highest BCUT2D eigenvalue weighted by Crippen LogP contribution is 2.49. The van der Waals surface area contributed by atoms with Gasteiger partial charge in [-0.1, -0.05) is 299 Å². The maximum atomic E-state index is 6.43. The number of aromatic nitrogens is 3. The van der Waals surface area contributed by atoms with E-state index in [-0.39, 0.29) is 16.2 Å². The maximum Gasteiger partial charge on any atom is 0.494 e. The predicted molar refractivity (Wildman–Crippen MR) is 520 cm³/mol. The monoisotopic (exact) mass is 1620 g/mol. The van der Waals surface area contributed by atoms with Crippen LogP contribution in [0.25, 0.3) is 134 Å². The Labute approximate surface area is 736 Å². The molecule has 2 aliphatic heterocycles. The van der Waals surface area contributed by atoms with Gasteiger partial charge in [0.05, 0.1) is 39.5 Å². The number of hydrogen-bond acceptors (Lipinski definition) is 7. The van der Waals surface area contributed by atoms with Gasteiger partial charge in [-0.25, -0.2) is 0 Å². The van der Waals surface area contributed by atoms with Crippen LogP contribution in [0.15, 0.2) is 328 Å². The van der Waals surface area contributed by atoms with E-state index >= 15 is 0 Å². The normalized spacial score (nSPS) is 14.9. The Morgan fingerprint density at radius 2 is 0.452 bits per heavy atom. The molecule has 12 aromatic carbocycles. The van der Waals surface area contributed by atoms with E-state index in [0.29, 0.717) is 0 Å². The quantitative estimate of drug-likeness (QED) is 0.0704. The minimum Gasteiger partial charge on any atom is -0.399 e. The number of hydrogen-bond donors (Lipinski definition) is 0. The van der Waals surface area contributed by atoms with E-state index in [4.69, 9.17) is 33.6 Å². The molecule has 0 spiro atoms. The van der Waals surface area contributed by atoms with Gasteiger partial charge < -0.3 is 18.6 Å². The Hall–Kier alpha value is -11.9. The number of aryl methyl sites for hydroxylation is 4. The first kappa shape index (κ1) is 84.3. The van der Waals surface area contributed by atoms with Gasteiger partial charge >= 0.3 is 14.2 Å². The summed E-state index contributed by atoms with van der Waals surface area (Å²) in [5.41, 5.74) is 35.1. The van der Waals surface area contributed by atoms with Crippen molar-refractivity contribution in [3.63, 3.8) is 0 Å². The van der Waals surface area contributed by atoms with E-state index in [1.54, 1.807) is 0 Å². The lowest BCUT2D eigenvalue weighted by Crippen LogP contribution is -2.41. The fourth-order valence-corrected chi connectivity index (χ4v) is 17.2. The standard InChI is InChI=1S/C115H113B2N3O4/c1-109(2,3)89-61-64-118-106(73-89)83-51-58-100(103(70-83)80-27-19-18-20-28-80)97-32-24-21-29-94(97)86-67-87(95-30-22-25-33-98(95)101-59-52-84(107-74-90(62-65-119-107)110(4,5)6)71-104(101)81-47-39-76(40-48-81)35-37-78-43-54-92(55-44-78)116-121-112(10,11)113(12,13)122-116)69-88(68-86)96-31-23-26-34-99(96)102-60-53-85(108-75-91(63-66-120-108)111(7,8)9)72-105(102)82-49-41-77(42-50-82)36-38-79-45-56-93(57-46-79)117-123-114(14,15)115(16,17)124-117/h18-34,39-75H,35-38H2,1-17H3. The Morgan fingerprint density at radius 1 is 0.218 bits per heavy atom. The van der Waals surface area contributed by atoms with Gasteiger partial charge in [0.15, 0.2) is 0 Å². The molecule has 2 aliphatic rings. The van der Waals surface area contributed by atoms with Gasteiger partial charge in [-0.3, -0.25) is 15.0 Å². The SMILES string of the molecule is CC(C)(C)c1ccnc(-c2ccc(-c3ccccc3-c3cc(-c4ccccc4-c4ccc(-c5cc(C(C)(C)C)ccn5)cc4-c4ccc(CCc5ccc(B6OC(C)(C)C(C)(C)O6)cc5)cc4)cc(-c4ccccc4-c4ccc(-c5cc(C(C)(C)C)ccn5)cc4-c4ccc(CCc5ccc(B6OC(C)(C)C(C)(C)O6)cc5)cc4)c3)c(-c3ccccc3)c2)c1. The van der Waals surface area contributed by atoms with Gasteiger partial charge in [-0.15, -0.1) is 0 Å². The maximum absolute atomic E-state index is 6.43. The highest BCUT2D eigenvalue weighted by Gasteiger charge is 2.53. The second kappa shape index (κ2) is 33.6. The molecule has 0 atom stereocenters. The summed E-state index contributed by atoms with van der Waals surface area (Å²) < 4.78 is 25.7. The Balaban J connectivity index is 0.803. The first-order chi connectivity index (χ1) is 59.3. The largest absolute Gasteiger partial charge is 0.494 e. The van der Waals surface area contributed by atoms with Crippen LogP contribution in [-0.4, -0.2) is 51.6 Å². The summed E-state index contributed by atoms with van der Waals surface area (Å²) in [5.74, 6) is 0. The van der Waals surface area contributed by atoms with E-state index in [2.05, 4.69) is 427 Å². The first-order valence-electron chi connectivity index (χ1n) is 44.2. The molecule has 7 nitrogen and oxygen atoms in total. The van der Waals surface area contributed by atoms with Gasteiger partial charge in [0.1, 0.15) is 0 Å². The summed E-state index contributed by atoms with van der Waals surface area (Å²) in [6.07, 6.45) is 9.44. The van der Waals surface area contributed by atoms with Gasteiger partial charge in [-0.05, 0) is 320 Å². The van der Waals surface area contributed by atoms with Gasteiger partial charge in [0.25, 0.3) is 0 Å². The van der Waals surface area contributed by atoms with Crippen molar-refractivity contribution in [1.82, 2.24) is 15.0 Å². The minimum absolute atomic E-state index is 0.0527. The highest BCUT2D eigenvalue weighted by atomic mass is 16.7. The zero-order chi connectivity index (χ0) is 86.7. The number of benzene rings is 12. The summed E-state index contributed by atoms with van der Waals surface area (Å²) in [7, 11) is -0.798. The van der Waals surface area contributed by atoms with Crippen molar-refractivity contribution < 1.29 is 18.6 Å². The average Bonchev–Trinajstić information content (AvgIpc) is 1.28. The molecule has 618 valence electrons. The van der Waals surface area contributed by atoms with Crippen molar-refractivity contribution in [2.45, 2.75) is 182 Å². The third kappa shape index (κ3) is 17.7. The topological polar surface area (TPSA) is 75.6 Å². The van der Waals surface area contributed by atoms with Crippen molar-refractivity contribution >= 4 is 25.2 Å². The molecule has 17 rings (SSSR count). The summed E-state index contributed by atoms with van der Waals surface area (Å²) in [5, 5.41) is 0. The molecule has 2 fully saturated rings. The summed E-state index contributed by atoms with van der Waals surface area (Å²) in [4.78, 5) is 15.2. The molecular formula is C115H113B2N3O4. The predicted octanol–water partition coefficient (Wildman–Crippen LogP) is 27.9. The molecule has 5 heterocycles. The third-order valence-electron chi connectivity index (χ3n) is 26.4. The van der Waals surface area contributed by atoms with E-state index in [1.165, 1.54) is 38.9 Å². The van der Waals surface area contributed by atoms with Crippen molar-refractivity contribution in [3.05, 3.63) is 367 Å². The van der Waals surface area contributed by atoms with Gasteiger partial charge in [0, 0.05) is 35.3 Å². The van der Waals surface area contributed by atoms with Crippen LogP contribution in [0.5, 0.6) is 0 Å². The van der Waals surface area contributed by atoms with Crippen LogP contribution in [0.4, 0.5) is 0 Å². The highest BCUT2D eigenvalue weighted by molar-refractivity contribution is 6.62. The first-order valence-corrected chi connectivity index (χ1v) is 44.2. The smallest absolute Gasteiger partial charge is 0.399 e. The fraction of sp³-hybridized carbons (Fsp3) is 0.243. The van der Waals surface area contributed by atoms with Crippen LogP contribution in [0.1, 0.15) is 157 Å². The fourth-order valence-electron chi connectivity index (χ4n) is 17.2. The minimum atomic E-state index is -0.406. The summed E-state index contributed by atoms with van der Waals surface area (Å²) in [6.45, 7) is 37.2.